The fourth-order valence-corrected chi connectivity index (χ4v) is 2.03. The monoisotopic (exact) mass is 227 g/mol. The van der Waals surface area contributed by atoms with Crippen molar-refractivity contribution in [2.45, 2.75) is 19.3 Å². The third-order valence-electron chi connectivity index (χ3n) is 2.96. The third-order valence-corrected chi connectivity index (χ3v) is 2.96. The van der Waals surface area contributed by atoms with Crippen LogP contribution >= 0.6 is 12.4 Å². The van der Waals surface area contributed by atoms with E-state index in [1.165, 1.54) is 17.5 Å². The summed E-state index contributed by atoms with van der Waals surface area (Å²) in [5, 5.41) is 3.38. The van der Waals surface area contributed by atoms with Gasteiger partial charge in [-0.15, -0.1) is 12.4 Å². The summed E-state index contributed by atoms with van der Waals surface area (Å²) in [5.41, 5.74) is 2.61. The van der Waals surface area contributed by atoms with Crippen molar-refractivity contribution in [3.63, 3.8) is 0 Å². The number of ether oxygens (including phenoxy) is 1. The van der Waals surface area contributed by atoms with E-state index < -0.39 is 0 Å². The van der Waals surface area contributed by atoms with Gasteiger partial charge in [0, 0.05) is 6.54 Å². The zero-order chi connectivity index (χ0) is 9.97. The molecule has 1 aliphatic heterocycles. The molecule has 0 aromatic heterocycles. The smallest absolute Gasteiger partial charge is 0.122 e. The molecule has 1 heterocycles. The van der Waals surface area contributed by atoms with Gasteiger partial charge in [-0.2, -0.15) is 0 Å². The van der Waals surface area contributed by atoms with Crippen molar-refractivity contribution in [1.29, 1.82) is 0 Å². The van der Waals surface area contributed by atoms with Crippen LogP contribution in [0.25, 0.3) is 0 Å². The maximum Gasteiger partial charge on any atom is 0.122 e. The van der Waals surface area contributed by atoms with E-state index in [2.05, 4.69) is 30.4 Å². The van der Waals surface area contributed by atoms with Crippen molar-refractivity contribution < 1.29 is 4.74 Å². The maximum atomic E-state index is 5.32. The predicted octanol–water partition coefficient (Wildman–Crippen LogP) is 2.50. The Balaban J connectivity index is 0.00000112. The van der Waals surface area contributed by atoms with E-state index >= 15 is 0 Å². The Bertz CT molecular complexity index is 321. The molecule has 84 valence electrons. The summed E-state index contributed by atoms with van der Waals surface area (Å²) in [6.07, 6.45) is 1.24. The summed E-state index contributed by atoms with van der Waals surface area (Å²) in [4.78, 5) is 0. The van der Waals surface area contributed by atoms with Gasteiger partial charge in [0.2, 0.25) is 0 Å². The molecule has 0 radical (unpaired) electrons. The summed E-state index contributed by atoms with van der Waals surface area (Å²) in [6, 6.07) is 6.54. The van der Waals surface area contributed by atoms with Gasteiger partial charge in [0.25, 0.3) is 0 Å². The summed E-state index contributed by atoms with van der Waals surface area (Å²) < 4.78 is 5.32. The Morgan fingerprint density at radius 3 is 2.80 bits per heavy atom. The molecule has 0 spiro atoms. The fourth-order valence-electron chi connectivity index (χ4n) is 2.03. The highest BCUT2D eigenvalue weighted by Crippen LogP contribution is 2.27. The van der Waals surface area contributed by atoms with Crippen LogP contribution in [-0.4, -0.2) is 20.2 Å². The van der Waals surface area contributed by atoms with E-state index in [0.717, 1.165) is 18.8 Å². The molecule has 0 saturated carbocycles. The van der Waals surface area contributed by atoms with Gasteiger partial charge >= 0.3 is 0 Å². The number of methoxy groups -OCH3 is 1. The van der Waals surface area contributed by atoms with Crippen LogP contribution < -0.4 is 10.1 Å². The number of hydrogen-bond acceptors (Lipinski definition) is 2. The standard InChI is InChI=1S/C12H17NO.ClH/c1-9-3-4-10(7-12(9)14-2)11-5-6-13-8-11;/h3-4,7,11,13H,5-6,8H2,1-2H3;1H. The topological polar surface area (TPSA) is 21.3 Å². The Kier molecular flexibility index (Phi) is 4.43. The molecule has 1 N–H and O–H groups in total. The van der Waals surface area contributed by atoms with E-state index in [4.69, 9.17) is 4.74 Å². The minimum Gasteiger partial charge on any atom is -0.496 e. The number of hydrogen-bond donors (Lipinski definition) is 1. The molecule has 1 aromatic carbocycles. The lowest BCUT2D eigenvalue weighted by molar-refractivity contribution is 0.411. The summed E-state index contributed by atoms with van der Waals surface area (Å²) in [6.45, 7) is 4.32. The van der Waals surface area contributed by atoms with Gasteiger partial charge in [-0.3, -0.25) is 0 Å². The molecule has 0 bridgehead atoms. The molecule has 0 amide bonds. The Labute approximate surface area is 97.4 Å². The molecule has 1 atom stereocenters. The minimum atomic E-state index is 0. The van der Waals surface area contributed by atoms with E-state index in [1.807, 2.05) is 0 Å². The molecule has 1 aromatic rings. The van der Waals surface area contributed by atoms with Crippen molar-refractivity contribution in [3.05, 3.63) is 29.3 Å². The molecule has 1 saturated heterocycles. The first kappa shape index (κ1) is 12.3. The van der Waals surface area contributed by atoms with Crippen molar-refractivity contribution in [1.82, 2.24) is 5.32 Å². The molecule has 1 unspecified atom stereocenters. The first-order chi connectivity index (χ1) is 6.81. The lowest BCUT2D eigenvalue weighted by atomic mass is 9.97. The van der Waals surface area contributed by atoms with Crippen molar-refractivity contribution in [3.8, 4) is 5.75 Å². The highest BCUT2D eigenvalue weighted by Gasteiger charge is 2.17. The van der Waals surface area contributed by atoms with Gasteiger partial charge in [0.1, 0.15) is 5.75 Å². The molecule has 15 heavy (non-hydrogen) atoms. The normalized spacial score (nSPS) is 19.7. The van der Waals surface area contributed by atoms with E-state index in [9.17, 15) is 0 Å². The molecular formula is C12H18ClNO. The number of nitrogens with one attached hydrogen (secondary N) is 1. The van der Waals surface area contributed by atoms with Gasteiger partial charge < -0.3 is 10.1 Å². The zero-order valence-corrected chi connectivity index (χ0v) is 10.1. The van der Waals surface area contributed by atoms with Crippen LogP contribution in [0.2, 0.25) is 0 Å². The minimum absolute atomic E-state index is 0. The summed E-state index contributed by atoms with van der Waals surface area (Å²) in [7, 11) is 1.74. The first-order valence-corrected chi connectivity index (χ1v) is 5.16. The number of benzene rings is 1. The average molecular weight is 228 g/mol. The lowest BCUT2D eigenvalue weighted by Crippen LogP contribution is -2.08. The van der Waals surface area contributed by atoms with Crippen molar-refractivity contribution in [2.24, 2.45) is 0 Å². The zero-order valence-electron chi connectivity index (χ0n) is 9.25. The third kappa shape index (κ3) is 2.64. The molecule has 3 heteroatoms. The highest BCUT2D eigenvalue weighted by molar-refractivity contribution is 5.85. The van der Waals surface area contributed by atoms with Gasteiger partial charge in [-0.25, -0.2) is 0 Å². The molecular weight excluding hydrogens is 210 g/mol. The Hall–Kier alpha value is -0.730. The second-order valence-corrected chi connectivity index (χ2v) is 3.92. The van der Waals surface area contributed by atoms with Crippen LogP contribution in [0, 0.1) is 6.92 Å². The van der Waals surface area contributed by atoms with Crippen LogP contribution in [0.4, 0.5) is 0 Å². The SMILES string of the molecule is COc1cc(C2CCNC2)ccc1C.Cl. The molecule has 0 aliphatic carbocycles. The lowest BCUT2D eigenvalue weighted by Gasteiger charge is -2.12. The average Bonchev–Trinajstić information content (AvgIpc) is 2.71. The van der Waals surface area contributed by atoms with Crippen LogP contribution in [0.5, 0.6) is 5.75 Å². The Morgan fingerprint density at radius 2 is 2.20 bits per heavy atom. The van der Waals surface area contributed by atoms with Gasteiger partial charge in [0.05, 0.1) is 7.11 Å². The largest absolute Gasteiger partial charge is 0.496 e. The fraction of sp³-hybridized carbons (Fsp3) is 0.500. The second-order valence-electron chi connectivity index (χ2n) is 3.92. The molecule has 2 rings (SSSR count). The van der Waals surface area contributed by atoms with Gasteiger partial charge in [-0.1, -0.05) is 12.1 Å². The first-order valence-electron chi connectivity index (χ1n) is 5.16. The van der Waals surface area contributed by atoms with Gasteiger partial charge in [-0.05, 0) is 43.0 Å². The van der Waals surface area contributed by atoms with Crippen molar-refractivity contribution in [2.75, 3.05) is 20.2 Å². The number of rotatable bonds is 2. The highest BCUT2D eigenvalue weighted by atomic mass is 35.5. The Morgan fingerprint density at radius 1 is 1.40 bits per heavy atom. The second kappa shape index (κ2) is 5.38. The predicted molar refractivity (Wildman–Crippen MR) is 65.2 cm³/mol. The van der Waals surface area contributed by atoms with Crippen molar-refractivity contribution >= 4 is 12.4 Å². The van der Waals surface area contributed by atoms with Gasteiger partial charge in [0.15, 0.2) is 0 Å². The number of halogens is 1. The summed E-state index contributed by atoms with van der Waals surface area (Å²) in [5.74, 6) is 1.68. The van der Waals surface area contributed by atoms with E-state index in [-0.39, 0.29) is 12.4 Å². The number of aryl methyl sites for hydroxylation is 1. The van der Waals surface area contributed by atoms with Crippen LogP contribution in [0.3, 0.4) is 0 Å². The maximum absolute atomic E-state index is 5.32. The summed E-state index contributed by atoms with van der Waals surface area (Å²) >= 11 is 0. The van der Waals surface area contributed by atoms with Crippen LogP contribution in [0.1, 0.15) is 23.5 Å². The molecule has 1 fully saturated rings. The molecule has 1 aliphatic rings. The molecule has 2 nitrogen and oxygen atoms in total. The van der Waals surface area contributed by atoms with Crippen LogP contribution in [-0.2, 0) is 0 Å². The van der Waals surface area contributed by atoms with E-state index in [0.29, 0.717) is 5.92 Å². The van der Waals surface area contributed by atoms with Crippen LogP contribution in [0.15, 0.2) is 18.2 Å². The van der Waals surface area contributed by atoms with E-state index in [1.54, 1.807) is 7.11 Å². The quantitative estimate of drug-likeness (QED) is 0.839.